The molecule has 3 aliphatic rings. The molecule has 0 aromatic rings. The van der Waals surface area contributed by atoms with Crippen LogP contribution in [0.25, 0.3) is 0 Å². The molecule has 0 unspecified atom stereocenters. The van der Waals surface area contributed by atoms with Crippen LogP contribution in [0.15, 0.2) is 23.3 Å². The maximum Gasteiger partial charge on any atom is 0.347 e. The van der Waals surface area contributed by atoms with Crippen molar-refractivity contribution in [2.24, 2.45) is 11.8 Å². The number of carbonyl (C=O) groups is 2. The first kappa shape index (κ1) is 16.4. The summed E-state index contributed by atoms with van der Waals surface area (Å²) in [6.45, 7) is 11.6. The van der Waals surface area contributed by atoms with E-state index in [1.54, 1.807) is 0 Å². The molecule has 2 bridgehead atoms. The third-order valence-electron chi connectivity index (χ3n) is 5.24. The van der Waals surface area contributed by atoms with E-state index in [1.165, 1.54) is 11.1 Å². The van der Waals surface area contributed by atoms with Crippen LogP contribution in [0.3, 0.4) is 0 Å². The first-order valence-corrected chi connectivity index (χ1v) is 8.34. The van der Waals surface area contributed by atoms with Gasteiger partial charge in [-0.25, -0.2) is 4.79 Å². The number of carbonyl (C=O) groups excluding carboxylic acids is 2. The van der Waals surface area contributed by atoms with Crippen LogP contribution in [0.1, 0.15) is 54.4 Å². The van der Waals surface area contributed by atoms with Gasteiger partial charge in [0.05, 0.1) is 5.60 Å². The molecule has 2 saturated heterocycles. The van der Waals surface area contributed by atoms with E-state index >= 15 is 0 Å². The molecule has 0 N–H and O–H groups in total. The molecule has 2 fully saturated rings. The minimum absolute atomic E-state index is 0.0477. The predicted molar refractivity (Wildman–Crippen MR) is 86.8 cm³/mol. The van der Waals surface area contributed by atoms with Crippen LogP contribution in [-0.2, 0) is 19.1 Å². The number of esters is 1. The Hall–Kier alpha value is -1.42. The second-order valence-corrected chi connectivity index (χ2v) is 8.39. The molecule has 2 aliphatic heterocycles. The number of allylic oxidation sites excluding steroid dienone is 2. The van der Waals surface area contributed by atoms with Crippen LogP contribution >= 0.6 is 0 Å². The van der Waals surface area contributed by atoms with Gasteiger partial charge in [0.25, 0.3) is 0 Å². The molecule has 126 valence electrons. The van der Waals surface area contributed by atoms with E-state index in [1.807, 2.05) is 33.8 Å². The molecule has 0 radical (unpaired) electrons. The highest BCUT2D eigenvalue weighted by atomic mass is 16.6. The quantitative estimate of drug-likeness (QED) is 0.549. The lowest BCUT2D eigenvalue weighted by molar-refractivity contribution is -0.201. The van der Waals surface area contributed by atoms with E-state index in [0.29, 0.717) is 12.8 Å². The Morgan fingerprint density at radius 3 is 2.57 bits per heavy atom. The van der Waals surface area contributed by atoms with Crippen molar-refractivity contribution in [2.45, 2.75) is 71.2 Å². The SMILES string of the molecule is CC(C)=C1C=C[C@@H]2[C@H]1[C@@]1(C)CCC(=O)[C@]2(C(=O)OC(C)(C)C)O1. The molecule has 0 amide bonds. The van der Waals surface area contributed by atoms with Gasteiger partial charge in [-0.2, -0.15) is 0 Å². The summed E-state index contributed by atoms with van der Waals surface area (Å²) in [5.41, 5.74) is -0.219. The molecule has 0 aromatic carbocycles. The van der Waals surface area contributed by atoms with Crippen molar-refractivity contribution in [1.82, 2.24) is 0 Å². The van der Waals surface area contributed by atoms with Crippen molar-refractivity contribution in [3.8, 4) is 0 Å². The van der Waals surface area contributed by atoms with E-state index in [4.69, 9.17) is 9.47 Å². The first-order valence-electron chi connectivity index (χ1n) is 8.34. The molecule has 0 saturated carbocycles. The number of Topliss-reactive ketones (excluding diaryl/α,β-unsaturated/α-hetero) is 1. The molecular weight excluding hydrogens is 292 g/mol. The highest BCUT2D eigenvalue weighted by Crippen LogP contribution is 2.60. The molecule has 3 rings (SSSR count). The Morgan fingerprint density at radius 2 is 2.00 bits per heavy atom. The predicted octanol–water partition coefficient (Wildman–Crippen LogP) is 3.36. The van der Waals surface area contributed by atoms with Crippen molar-refractivity contribution in [3.05, 3.63) is 23.3 Å². The summed E-state index contributed by atoms with van der Waals surface area (Å²) < 4.78 is 11.8. The third-order valence-corrected chi connectivity index (χ3v) is 5.24. The van der Waals surface area contributed by atoms with Gasteiger partial charge in [-0.1, -0.05) is 17.7 Å². The Bertz CT molecular complexity index is 632. The minimum atomic E-state index is -1.47. The molecule has 1 aliphatic carbocycles. The normalized spacial score (nSPS) is 38.7. The number of rotatable bonds is 1. The molecular formula is C19H26O4. The number of hydrogen-bond acceptors (Lipinski definition) is 4. The molecule has 23 heavy (non-hydrogen) atoms. The Labute approximate surface area is 137 Å². The van der Waals surface area contributed by atoms with Crippen molar-refractivity contribution < 1.29 is 19.1 Å². The van der Waals surface area contributed by atoms with Crippen LogP contribution in [0.5, 0.6) is 0 Å². The molecule has 4 atom stereocenters. The molecule has 4 nitrogen and oxygen atoms in total. The van der Waals surface area contributed by atoms with Gasteiger partial charge in [0.1, 0.15) is 5.60 Å². The van der Waals surface area contributed by atoms with Crippen molar-refractivity contribution in [2.75, 3.05) is 0 Å². The summed E-state index contributed by atoms with van der Waals surface area (Å²) in [6.07, 6.45) is 5.05. The maximum atomic E-state index is 12.9. The zero-order chi connectivity index (χ0) is 17.2. The maximum absolute atomic E-state index is 12.9. The van der Waals surface area contributed by atoms with E-state index in [2.05, 4.69) is 19.9 Å². The standard InChI is InChI=1S/C19H26O4/c1-11(2)12-7-8-13-15(12)18(6)10-9-14(20)19(13,23-18)16(21)22-17(3,4)5/h7-8,13,15H,9-10H2,1-6H3/t13-,15+,18-,19-/m1/s1. The van der Waals surface area contributed by atoms with Gasteiger partial charge in [0, 0.05) is 18.3 Å². The van der Waals surface area contributed by atoms with Gasteiger partial charge in [0.2, 0.25) is 5.60 Å². The highest BCUT2D eigenvalue weighted by Gasteiger charge is 2.71. The third kappa shape index (κ3) is 2.22. The Kier molecular flexibility index (Phi) is 3.42. The lowest BCUT2D eigenvalue weighted by atomic mass is 9.76. The Balaban J connectivity index is 2.10. The zero-order valence-corrected chi connectivity index (χ0v) is 14.9. The number of fused-ring (bicyclic) bond motifs is 5. The summed E-state index contributed by atoms with van der Waals surface area (Å²) in [5, 5.41) is 0. The van der Waals surface area contributed by atoms with Crippen LogP contribution < -0.4 is 0 Å². The second-order valence-electron chi connectivity index (χ2n) is 8.39. The van der Waals surface area contributed by atoms with E-state index in [0.717, 1.165) is 0 Å². The van der Waals surface area contributed by atoms with Crippen molar-refractivity contribution >= 4 is 11.8 Å². The smallest absolute Gasteiger partial charge is 0.347 e. The fraction of sp³-hybridized carbons (Fsp3) is 0.684. The van der Waals surface area contributed by atoms with Gasteiger partial charge in [-0.05, 0) is 53.5 Å². The lowest BCUT2D eigenvalue weighted by Crippen LogP contribution is -2.56. The number of hydrogen-bond donors (Lipinski definition) is 0. The van der Waals surface area contributed by atoms with Crippen LogP contribution in [0, 0.1) is 11.8 Å². The van der Waals surface area contributed by atoms with E-state index in [-0.39, 0.29) is 17.6 Å². The number of ether oxygens (including phenoxy) is 2. The van der Waals surface area contributed by atoms with Crippen LogP contribution in [-0.4, -0.2) is 28.6 Å². The first-order chi connectivity index (χ1) is 10.5. The largest absolute Gasteiger partial charge is 0.457 e. The summed E-state index contributed by atoms with van der Waals surface area (Å²) in [7, 11) is 0. The number of ketones is 1. The fourth-order valence-electron chi connectivity index (χ4n) is 4.31. The molecule has 4 heteroatoms. The van der Waals surface area contributed by atoms with Gasteiger partial charge in [-0.15, -0.1) is 0 Å². The van der Waals surface area contributed by atoms with Gasteiger partial charge < -0.3 is 9.47 Å². The minimum Gasteiger partial charge on any atom is -0.457 e. The summed E-state index contributed by atoms with van der Waals surface area (Å²) in [5.74, 6) is -0.891. The van der Waals surface area contributed by atoms with Gasteiger partial charge in [0.15, 0.2) is 5.78 Å². The average molecular weight is 318 g/mol. The van der Waals surface area contributed by atoms with Gasteiger partial charge in [-0.3, -0.25) is 4.79 Å². The Morgan fingerprint density at radius 1 is 1.35 bits per heavy atom. The van der Waals surface area contributed by atoms with E-state index < -0.39 is 22.8 Å². The fourth-order valence-corrected chi connectivity index (χ4v) is 4.31. The summed E-state index contributed by atoms with van der Waals surface area (Å²) in [4.78, 5) is 25.7. The van der Waals surface area contributed by atoms with Crippen LogP contribution in [0.4, 0.5) is 0 Å². The van der Waals surface area contributed by atoms with Gasteiger partial charge >= 0.3 is 5.97 Å². The highest BCUT2D eigenvalue weighted by molar-refractivity contribution is 6.09. The molecule has 0 spiro atoms. The summed E-state index contributed by atoms with van der Waals surface area (Å²) >= 11 is 0. The molecule has 2 heterocycles. The average Bonchev–Trinajstić information content (AvgIpc) is 2.92. The van der Waals surface area contributed by atoms with Crippen LogP contribution in [0.2, 0.25) is 0 Å². The monoisotopic (exact) mass is 318 g/mol. The van der Waals surface area contributed by atoms with E-state index in [9.17, 15) is 9.59 Å². The lowest BCUT2D eigenvalue weighted by Gasteiger charge is -2.38. The second kappa shape index (κ2) is 4.79. The summed E-state index contributed by atoms with van der Waals surface area (Å²) in [6, 6.07) is 0. The molecule has 0 aromatic heterocycles. The van der Waals surface area contributed by atoms with Crippen molar-refractivity contribution in [3.63, 3.8) is 0 Å². The van der Waals surface area contributed by atoms with Crippen molar-refractivity contribution in [1.29, 1.82) is 0 Å². The topological polar surface area (TPSA) is 52.6 Å². The zero-order valence-electron chi connectivity index (χ0n) is 14.9.